The Morgan fingerprint density at radius 3 is 2.95 bits per heavy atom. The molecule has 1 aromatic rings. The Balaban J connectivity index is 2.18. The Hall–Kier alpha value is -2.22. The maximum Gasteiger partial charge on any atom is 0.267 e. The largest absolute Gasteiger partial charge is 0.383 e. The normalized spacial score (nSPS) is 18.8. The van der Waals surface area contributed by atoms with Crippen molar-refractivity contribution in [1.82, 2.24) is 15.1 Å². The Morgan fingerprint density at radius 2 is 2.25 bits per heavy atom. The Labute approximate surface area is 115 Å². The van der Waals surface area contributed by atoms with Gasteiger partial charge in [0.2, 0.25) is 5.91 Å². The van der Waals surface area contributed by atoms with E-state index in [2.05, 4.69) is 15.7 Å². The highest BCUT2D eigenvalue weighted by molar-refractivity contribution is 5.99. The molecule has 8 heteroatoms. The molecule has 8 nitrogen and oxygen atoms in total. The SMILES string of the molecule is COCCNc1ccc(=O)n(C2CCC(=O)NC2=O)n1. The molecule has 20 heavy (non-hydrogen) atoms. The summed E-state index contributed by atoms with van der Waals surface area (Å²) in [4.78, 5) is 34.7. The number of hydrogen-bond acceptors (Lipinski definition) is 6. The summed E-state index contributed by atoms with van der Waals surface area (Å²) in [5.74, 6) is -0.343. The monoisotopic (exact) mass is 280 g/mol. The zero-order chi connectivity index (χ0) is 14.5. The van der Waals surface area contributed by atoms with Crippen molar-refractivity contribution in [2.45, 2.75) is 18.9 Å². The maximum absolute atomic E-state index is 11.8. The van der Waals surface area contributed by atoms with E-state index in [1.165, 1.54) is 6.07 Å². The summed E-state index contributed by atoms with van der Waals surface area (Å²) in [5.41, 5.74) is -0.378. The second kappa shape index (κ2) is 6.29. The second-order valence-electron chi connectivity index (χ2n) is 4.39. The van der Waals surface area contributed by atoms with Crippen LogP contribution in [-0.4, -0.2) is 41.9 Å². The van der Waals surface area contributed by atoms with Crippen molar-refractivity contribution < 1.29 is 14.3 Å². The van der Waals surface area contributed by atoms with Crippen LogP contribution in [0, 0.1) is 0 Å². The second-order valence-corrected chi connectivity index (χ2v) is 4.39. The third-order valence-corrected chi connectivity index (χ3v) is 2.94. The number of hydrogen-bond donors (Lipinski definition) is 2. The highest BCUT2D eigenvalue weighted by Gasteiger charge is 2.29. The van der Waals surface area contributed by atoms with E-state index in [9.17, 15) is 14.4 Å². The first-order chi connectivity index (χ1) is 9.61. The van der Waals surface area contributed by atoms with Gasteiger partial charge in [-0.2, -0.15) is 5.10 Å². The van der Waals surface area contributed by atoms with E-state index in [4.69, 9.17) is 4.74 Å². The molecule has 0 aliphatic carbocycles. The van der Waals surface area contributed by atoms with Crippen molar-refractivity contribution in [2.24, 2.45) is 0 Å². The quantitative estimate of drug-likeness (QED) is 0.545. The van der Waals surface area contributed by atoms with Crippen LogP contribution >= 0.6 is 0 Å². The number of anilines is 1. The van der Waals surface area contributed by atoms with E-state index in [1.54, 1.807) is 13.2 Å². The molecular formula is C12H16N4O4. The lowest BCUT2D eigenvalue weighted by Gasteiger charge is -2.22. The van der Waals surface area contributed by atoms with Gasteiger partial charge in [0, 0.05) is 26.1 Å². The molecule has 2 amide bonds. The topological polar surface area (TPSA) is 102 Å². The summed E-state index contributed by atoms with van der Waals surface area (Å²) >= 11 is 0. The molecule has 1 aliphatic heterocycles. The van der Waals surface area contributed by atoms with Crippen LogP contribution in [0.25, 0.3) is 0 Å². The van der Waals surface area contributed by atoms with Gasteiger partial charge in [-0.1, -0.05) is 0 Å². The molecule has 1 unspecified atom stereocenters. The van der Waals surface area contributed by atoms with Crippen molar-refractivity contribution in [3.63, 3.8) is 0 Å². The number of ether oxygens (including phenoxy) is 1. The molecule has 1 aliphatic rings. The van der Waals surface area contributed by atoms with Crippen LogP contribution in [0.4, 0.5) is 5.82 Å². The third-order valence-electron chi connectivity index (χ3n) is 2.94. The lowest BCUT2D eigenvalue weighted by atomic mass is 10.1. The van der Waals surface area contributed by atoms with E-state index in [0.29, 0.717) is 19.0 Å². The minimum atomic E-state index is -0.746. The van der Waals surface area contributed by atoms with Gasteiger partial charge in [0.1, 0.15) is 11.9 Å². The third kappa shape index (κ3) is 3.21. The van der Waals surface area contributed by atoms with Crippen molar-refractivity contribution in [3.8, 4) is 0 Å². The van der Waals surface area contributed by atoms with Gasteiger partial charge >= 0.3 is 0 Å². The molecule has 0 saturated carbocycles. The molecule has 0 spiro atoms. The van der Waals surface area contributed by atoms with E-state index >= 15 is 0 Å². The van der Waals surface area contributed by atoms with E-state index in [0.717, 1.165) is 4.68 Å². The minimum Gasteiger partial charge on any atom is -0.383 e. The van der Waals surface area contributed by atoms with E-state index in [-0.39, 0.29) is 24.3 Å². The van der Waals surface area contributed by atoms with Gasteiger partial charge in [-0.15, -0.1) is 0 Å². The number of carbonyl (C=O) groups is 2. The summed E-state index contributed by atoms with van der Waals surface area (Å²) in [6, 6.07) is 2.14. The van der Waals surface area contributed by atoms with Gasteiger partial charge < -0.3 is 10.1 Å². The first-order valence-corrected chi connectivity index (χ1v) is 6.28. The Morgan fingerprint density at radius 1 is 1.45 bits per heavy atom. The molecule has 108 valence electrons. The fourth-order valence-corrected chi connectivity index (χ4v) is 1.94. The fourth-order valence-electron chi connectivity index (χ4n) is 1.94. The number of carbonyl (C=O) groups excluding carboxylic acids is 2. The zero-order valence-electron chi connectivity index (χ0n) is 11.1. The molecule has 1 saturated heterocycles. The van der Waals surface area contributed by atoms with Gasteiger partial charge in [-0.05, 0) is 12.5 Å². The average molecular weight is 280 g/mol. The molecule has 1 fully saturated rings. The van der Waals surface area contributed by atoms with E-state index in [1.807, 2.05) is 0 Å². The van der Waals surface area contributed by atoms with Crippen molar-refractivity contribution in [1.29, 1.82) is 0 Å². The van der Waals surface area contributed by atoms with Crippen molar-refractivity contribution in [2.75, 3.05) is 25.6 Å². The number of methoxy groups -OCH3 is 1. The average Bonchev–Trinajstić information content (AvgIpc) is 2.41. The lowest BCUT2D eigenvalue weighted by Crippen LogP contribution is -2.45. The molecule has 2 heterocycles. The molecular weight excluding hydrogens is 264 g/mol. The van der Waals surface area contributed by atoms with Gasteiger partial charge in [0.15, 0.2) is 0 Å². The number of imide groups is 1. The molecule has 0 bridgehead atoms. The number of nitrogens with zero attached hydrogens (tertiary/aromatic N) is 2. The summed E-state index contributed by atoms with van der Waals surface area (Å²) in [6.07, 6.45) is 0.477. The summed E-state index contributed by atoms with van der Waals surface area (Å²) in [6.45, 7) is 1.04. The van der Waals surface area contributed by atoms with Gasteiger partial charge in [-0.25, -0.2) is 4.68 Å². The molecule has 0 aromatic carbocycles. The van der Waals surface area contributed by atoms with Crippen LogP contribution in [0.2, 0.25) is 0 Å². The van der Waals surface area contributed by atoms with Gasteiger partial charge in [0.25, 0.3) is 11.5 Å². The van der Waals surface area contributed by atoms with Crippen LogP contribution in [0.3, 0.4) is 0 Å². The number of rotatable bonds is 5. The standard InChI is InChI=1S/C12H16N4O4/c1-20-7-6-13-9-3-5-11(18)16(15-9)8-2-4-10(17)14-12(8)19/h3,5,8H,2,4,6-7H2,1H3,(H,13,15)(H,14,17,19). The highest BCUT2D eigenvalue weighted by Crippen LogP contribution is 2.16. The number of aromatic nitrogens is 2. The Kier molecular flexibility index (Phi) is 4.46. The summed E-state index contributed by atoms with van der Waals surface area (Å²) < 4.78 is 6.01. The minimum absolute atomic E-state index is 0.200. The smallest absolute Gasteiger partial charge is 0.267 e. The van der Waals surface area contributed by atoms with Crippen molar-refractivity contribution in [3.05, 3.63) is 22.5 Å². The van der Waals surface area contributed by atoms with Crippen LogP contribution in [0.1, 0.15) is 18.9 Å². The van der Waals surface area contributed by atoms with Crippen molar-refractivity contribution >= 4 is 17.6 Å². The zero-order valence-corrected chi connectivity index (χ0v) is 11.1. The first kappa shape index (κ1) is 14.2. The molecule has 2 rings (SSSR count). The predicted molar refractivity (Wildman–Crippen MR) is 70.3 cm³/mol. The number of nitrogens with one attached hydrogen (secondary N) is 2. The van der Waals surface area contributed by atoms with Crippen LogP contribution in [0.5, 0.6) is 0 Å². The fraction of sp³-hybridized carbons (Fsp3) is 0.500. The molecule has 1 aromatic heterocycles. The van der Waals surface area contributed by atoms with E-state index < -0.39 is 11.9 Å². The molecule has 1 atom stereocenters. The highest BCUT2D eigenvalue weighted by atomic mass is 16.5. The van der Waals surface area contributed by atoms with Crippen LogP contribution in [-0.2, 0) is 14.3 Å². The summed E-state index contributed by atoms with van der Waals surface area (Å²) in [5, 5.41) is 9.30. The maximum atomic E-state index is 11.8. The number of amides is 2. The first-order valence-electron chi connectivity index (χ1n) is 6.28. The van der Waals surface area contributed by atoms with Crippen LogP contribution < -0.4 is 16.2 Å². The number of piperidine rings is 1. The molecule has 2 N–H and O–H groups in total. The lowest BCUT2D eigenvalue weighted by molar-refractivity contribution is -0.136. The molecule has 0 radical (unpaired) electrons. The van der Waals surface area contributed by atoms with Crippen LogP contribution in [0.15, 0.2) is 16.9 Å². The summed E-state index contributed by atoms with van der Waals surface area (Å²) in [7, 11) is 1.58. The Bertz CT molecular complexity index is 569. The predicted octanol–water partition coefficient (Wildman–Crippen LogP) is -0.721. The van der Waals surface area contributed by atoms with Gasteiger partial charge in [-0.3, -0.25) is 19.7 Å². The van der Waals surface area contributed by atoms with Gasteiger partial charge in [0.05, 0.1) is 6.61 Å².